The first-order chi connectivity index (χ1) is 10.7. The van der Waals surface area contributed by atoms with Crippen molar-refractivity contribution >= 4 is 0 Å². The minimum atomic E-state index is -0.554. The highest BCUT2D eigenvalue weighted by Gasteiger charge is 2.24. The lowest BCUT2D eigenvalue weighted by Crippen LogP contribution is -2.14. The number of unbranched alkanes of at least 4 members (excludes halogenated alkanes) is 1. The van der Waals surface area contributed by atoms with Gasteiger partial charge in [0.1, 0.15) is 0 Å². The van der Waals surface area contributed by atoms with Crippen LogP contribution in [0.1, 0.15) is 76.7 Å². The zero-order valence-electron chi connectivity index (χ0n) is 13.8. The largest absolute Gasteiger partial charge is 0.488 e. The van der Waals surface area contributed by atoms with Crippen LogP contribution in [0.3, 0.4) is 0 Å². The summed E-state index contributed by atoms with van der Waals surface area (Å²) in [7, 11) is 0. The maximum Gasteiger partial charge on any atom is 0.190 e. The second-order valence-electron chi connectivity index (χ2n) is 6.52. The van der Waals surface area contributed by atoms with E-state index >= 15 is 0 Å². The van der Waals surface area contributed by atoms with Crippen LogP contribution in [0, 0.1) is 17.6 Å². The van der Waals surface area contributed by atoms with Crippen LogP contribution in [0.5, 0.6) is 5.75 Å². The highest BCUT2D eigenvalue weighted by molar-refractivity contribution is 5.33. The van der Waals surface area contributed by atoms with Crippen molar-refractivity contribution in [3.8, 4) is 5.75 Å². The maximum atomic E-state index is 14.1. The number of ether oxygens (including phenoxy) is 1. The number of halogens is 2. The molecule has 0 radical (unpaired) electrons. The van der Waals surface area contributed by atoms with E-state index < -0.39 is 11.6 Å². The zero-order chi connectivity index (χ0) is 15.9. The number of hydrogen-bond acceptors (Lipinski definition) is 1. The lowest BCUT2D eigenvalue weighted by Gasteiger charge is -2.28. The molecule has 0 atom stereocenters. The summed E-state index contributed by atoms with van der Waals surface area (Å²) in [6, 6.07) is 2.96. The second-order valence-corrected chi connectivity index (χ2v) is 6.52. The van der Waals surface area contributed by atoms with Gasteiger partial charge in [-0.2, -0.15) is 0 Å². The fourth-order valence-corrected chi connectivity index (χ4v) is 3.46. The van der Waals surface area contributed by atoms with Crippen molar-refractivity contribution < 1.29 is 13.5 Å². The van der Waals surface area contributed by atoms with Crippen molar-refractivity contribution in [2.24, 2.45) is 5.92 Å². The quantitative estimate of drug-likeness (QED) is 0.543. The molecule has 1 aliphatic rings. The molecule has 0 bridgehead atoms. The summed E-state index contributed by atoms with van der Waals surface area (Å²) in [4.78, 5) is 0. The summed E-state index contributed by atoms with van der Waals surface area (Å²) in [6.45, 7) is 4.61. The van der Waals surface area contributed by atoms with Crippen LogP contribution >= 0.6 is 0 Å². The summed E-state index contributed by atoms with van der Waals surface area (Å²) < 4.78 is 33.5. The molecule has 0 spiro atoms. The van der Waals surface area contributed by atoms with Crippen LogP contribution in [0.4, 0.5) is 8.78 Å². The fourth-order valence-electron chi connectivity index (χ4n) is 3.46. The van der Waals surface area contributed by atoms with Gasteiger partial charge in [-0.05, 0) is 61.6 Å². The van der Waals surface area contributed by atoms with Crippen LogP contribution in [-0.2, 0) is 0 Å². The van der Waals surface area contributed by atoms with E-state index in [-0.39, 0.29) is 5.75 Å². The first-order valence-electron chi connectivity index (χ1n) is 8.77. The van der Waals surface area contributed by atoms with Crippen molar-refractivity contribution in [1.82, 2.24) is 0 Å². The van der Waals surface area contributed by atoms with Crippen LogP contribution in [0.15, 0.2) is 12.1 Å². The van der Waals surface area contributed by atoms with Crippen LogP contribution in [0.25, 0.3) is 0 Å². The molecule has 1 aromatic rings. The highest BCUT2D eigenvalue weighted by atomic mass is 19.1. The summed E-state index contributed by atoms with van der Waals surface area (Å²) in [5, 5.41) is 0. The molecular weight excluding hydrogens is 282 g/mol. The Kier molecular flexibility index (Phi) is 6.66. The standard InChI is InChI=1S/C19H28F2O/c1-3-5-11-22-19-17(20)12-16(13-18(19)21)15-9-7-14(6-4-2)8-10-15/h12-15H,3-11H2,1-2H3/t14-,15-. The topological polar surface area (TPSA) is 9.23 Å². The molecule has 2 rings (SSSR count). The van der Waals surface area contributed by atoms with Gasteiger partial charge in [0.05, 0.1) is 6.61 Å². The maximum absolute atomic E-state index is 14.1. The van der Waals surface area contributed by atoms with E-state index in [1.807, 2.05) is 6.92 Å². The monoisotopic (exact) mass is 310 g/mol. The molecule has 0 aliphatic heterocycles. The predicted molar refractivity (Wildman–Crippen MR) is 86.4 cm³/mol. The number of hydrogen-bond donors (Lipinski definition) is 0. The van der Waals surface area contributed by atoms with E-state index in [4.69, 9.17) is 4.74 Å². The van der Waals surface area contributed by atoms with Crippen LogP contribution in [0.2, 0.25) is 0 Å². The lowest BCUT2D eigenvalue weighted by molar-refractivity contribution is 0.276. The SMILES string of the molecule is CCCCOc1c(F)cc([C@H]2CC[C@H](CCC)CC2)cc1F. The first kappa shape index (κ1) is 17.2. The van der Waals surface area contributed by atoms with Gasteiger partial charge in [-0.25, -0.2) is 8.78 Å². The minimum absolute atomic E-state index is 0.211. The molecule has 1 nitrogen and oxygen atoms in total. The molecule has 1 saturated carbocycles. The Morgan fingerprint density at radius 2 is 1.64 bits per heavy atom. The lowest BCUT2D eigenvalue weighted by atomic mass is 9.77. The van der Waals surface area contributed by atoms with Crippen molar-refractivity contribution in [2.75, 3.05) is 6.61 Å². The molecule has 0 amide bonds. The fraction of sp³-hybridized carbons (Fsp3) is 0.684. The Morgan fingerprint density at radius 1 is 1.00 bits per heavy atom. The Bertz CT molecular complexity index is 441. The normalized spacial score (nSPS) is 21.8. The summed E-state index contributed by atoms with van der Waals surface area (Å²) in [5.41, 5.74) is 0.799. The molecule has 0 aromatic heterocycles. The minimum Gasteiger partial charge on any atom is -0.488 e. The molecule has 124 valence electrons. The molecule has 1 aromatic carbocycles. The van der Waals surface area contributed by atoms with Gasteiger partial charge in [0.25, 0.3) is 0 Å². The van der Waals surface area contributed by atoms with E-state index in [9.17, 15) is 8.78 Å². The third-order valence-corrected chi connectivity index (χ3v) is 4.78. The average molecular weight is 310 g/mol. The Hall–Kier alpha value is -1.12. The van der Waals surface area contributed by atoms with E-state index in [2.05, 4.69) is 6.92 Å². The van der Waals surface area contributed by atoms with Gasteiger partial charge < -0.3 is 4.74 Å². The van der Waals surface area contributed by atoms with Gasteiger partial charge >= 0.3 is 0 Å². The Morgan fingerprint density at radius 3 is 2.18 bits per heavy atom. The van der Waals surface area contributed by atoms with Crippen molar-refractivity contribution in [2.45, 2.75) is 71.1 Å². The molecule has 22 heavy (non-hydrogen) atoms. The van der Waals surface area contributed by atoms with Crippen LogP contribution in [-0.4, -0.2) is 6.61 Å². The van der Waals surface area contributed by atoms with Crippen molar-refractivity contribution in [1.29, 1.82) is 0 Å². The zero-order valence-corrected chi connectivity index (χ0v) is 13.8. The van der Waals surface area contributed by atoms with Gasteiger partial charge in [0, 0.05) is 0 Å². The van der Waals surface area contributed by atoms with E-state index in [0.717, 1.165) is 37.2 Å². The Balaban J connectivity index is 2.01. The molecular formula is C19H28F2O. The first-order valence-corrected chi connectivity index (χ1v) is 8.77. The van der Waals surface area contributed by atoms with E-state index in [1.165, 1.54) is 37.8 Å². The molecule has 1 aliphatic carbocycles. The molecule has 1 fully saturated rings. The van der Waals surface area contributed by atoms with Crippen molar-refractivity contribution in [3.63, 3.8) is 0 Å². The highest BCUT2D eigenvalue weighted by Crippen LogP contribution is 2.39. The summed E-state index contributed by atoms with van der Waals surface area (Å²) in [6.07, 6.45) is 8.69. The summed E-state index contributed by atoms with van der Waals surface area (Å²) >= 11 is 0. The Labute approximate surface area is 133 Å². The molecule has 0 unspecified atom stereocenters. The third kappa shape index (κ3) is 4.44. The third-order valence-electron chi connectivity index (χ3n) is 4.78. The predicted octanol–water partition coefficient (Wildman–Crippen LogP) is 6.22. The van der Waals surface area contributed by atoms with Crippen molar-refractivity contribution in [3.05, 3.63) is 29.3 Å². The molecule has 0 saturated heterocycles. The smallest absolute Gasteiger partial charge is 0.190 e. The molecule has 0 heterocycles. The van der Waals surface area contributed by atoms with Gasteiger partial charge in [-0.3, -0.25) is 0 Å². The second kappa shape index (κ2) is 8.50. The number of benzene rings is 1. The van der Waals surface area contributed by atoms with Gasteiger partial charge in [0.2, 0.25) is 0 Å². The van der Waals surface area contributed by atoms with E-state index in [1.54, 1.807) is 0 Å². The molecule has 0 N–H and O–H groups in total. The molecule has 3 heteroatoms. The summed E-state index contributed by atoms with van der Waals surface area (Å²) in [5.74, 6) is -0.227. The van der Waals surface area contributed by atoms with Gasteiger partial charge in [0.15, 0.2) is 17.4 Å². The van der Waals surface area contributed by atoms with Gasteiger partial charge in [-0.15, -0.1) is 0 Å². The van der Waals surface area contributed by atoms with Crippen LogP contribution < -0.4 is 4.74 Å². The van der Waals surface area contributed by atoms with Gasteiger partial charge in [-0.1, -0.05) is 33.1 Å². The number of rotatable bonds is 7. The van der Waals surface area contributed by atoms with E-state index in [0.29, 0.717) is 12.5 Å². The average Bonchev–Trinajstić information content (AvgIpc) is 2.51.